The number of thiophene rings is 1. The van der Waals surface area contributed by atoms with Gasteiger partial charge in [-0.2, -0.15) is 5.26 Å². The van der Waals surface area contributed by atoms with Crippen molar-refractivity contribution in [2.75, 3.05) is 0 Å². The molecule has 0 fully saturated rings. The molecule has 0 aliphatic carbocycles. The van der Waals surface area contributed by atoms with Crippen LogP contribution in [0.4, 0.5) is 0 Å². The molecular weight excluding hydrogens is 218 g/mol. The summed E-state index contributed by atoms with van der Waals surface area (Å²) in [4.78, 5) is 10.7. The van der Waals surface area contributed by atoms with E-state index in [0.717, 1.165) is 11.3 Å². The number of nitriles is 1. The lowest BCUT2D eigenvalue weighted by Gasteiger charge is -2.14. The highest BCUT2D eigenvalue weighted by atomic mass is 32.1. The van der Waals surface area contributed by atoms with Gasteiger partial charge in [-0.3, -0.25) is 4.79 Å². The van der Waals surface area contributed by atoms with Gasteiger partial charge in [0.25, 0.3) is 0 Å². The molecule has 0 saturated heterocycles. The summed E-state index contributed by atoms with van der Waals surface area (Å²) in [5.41, 5.74) is 0.366. The Balaban J connectivity index is 2.71. The zero-order valence-electron chi connectivity index (χ0n) is 7.62. The van der Waals surface area contributed by atoms with Gasteiger partial charge in [0.05, 0.1) is 12.5 Å². The molecule has 0 aliphatic rings. The highest BCUT2D eigenvalue weighted by molar-refractivity contribution is 7.10. The van der Waals surface area contributed by atoms with Crippen molar-refractivity contribution in [3.63, 3.8) is 0 Å². The average molecular weight is 227 g/mol. The quantitative estimate of drug-likeness (QED) is 0.694. The number of hydrogen-bond donors (Lipinski definition) is 3. The van der Waals surface area contributed by atoms with Crippen LogP contribution in [0.2, 0.25) is 0 Å². The number of carboxylic acids is 1. The Kier molecular flexibility index (Phi) is 3.80. The smallest absolute Gasteiger partial charge is 0.306 e. The molecule has 0 aromatic carbocycles. The lowest BCUT2D eigenvalue weighted by atomic mass is 10.1. The molecule has 1 rings (SSSR count). The fourth-order valence-electron chi connectivity index (χ4n) is 1.08. The third-order valence-corrected chi connectivity index (χ3v) is 2.67. The first-order chi connectivity index (χ1) is 7.04. The Morgan fingerprint density at radius 3 is 2.73 bits per heavy atom. The number of carbonyl (C=O) groups is 1. The van der Waals surface area contributed by atoms with Crippen molar-refractivity contribution < 1.29 is 20.1 Å². The van der Waals surface area contributed by atoms with E-state index in [1.54, 1.807) is 0 Å². The fourth-order valence-corrected chi connectivity index (χ4v) is 1.80. The minimum Gasteiger partial charge on any atom is -0.481 e. The maximum absolute atomic E-state index is 10.3. The fraction of sp³-hybridized carbons (Fsp3) is 0.333. The summed E-state index contributed by atoms with van der Waals surface area (Å²) < 4.78 is 0. The van der Waals surface area contributed by atoms with E-state index in [0.29, 0.717) is 10.4 Å². The molecule has 5 nitrogen and oxygen atoms in total. The SMILES string of the molecule is N#Cc1cc(C(O)C(O)CC(=O)O)cs1. The topological polar surface area (TPSA) is 102 Å². The first-order valence-corrected chi connectivity index (χ1v) is 4.99. The first-order valence-electron chi connectivity index (χ1n) is 4.11. The van der Waals surface area contributed by atoms with Gasteiger partial charge in [0, 0.05) is 0 Å². The van der Waals surface area contributed by atoms with E-state index in [1.807, 2.05) is 6.07 Å². The summed E-state index contributed by atoms with van der Waals surface area (Å²) in [5.74, 6) is -1.18. The van der Waals surface area contributed by atoms with Crippen LogP contribution in [0.25, 0.3) is 0 Å². The van der Waals surface area contributed by atoms with E-state index < -0.39 is 24.6 Å². The number of aliphatic carboxylic acids is 1. The molecule has 0 radical (unpaired) electrons. The summed E-state index contributed by atoms with van der Waals surface area (Å²) >= 11 is 1.13. The number of rotatable bonds is 4. The van der Waals surface area contributed by atoms with Crippen LogP contribution < -0.4 is 0 Å². The van der Waals surface area contributed by atoms with E-state index in [9.17, 15) is 15.0 Å². The van der Waals surface area contributed by atoms with Gasteiger partial charge in [0.15, 0.2) is 0 Å². The van der Waals surface area contributed by atoms with Gasteiger partial charge in [-0.05, 0) is 17.0 Å². The molecule has 0 spiro atoms. The van der Waals surface area contributed by atoms with Crippen LogP contribution in [0, 0.1) is 11.3 Å². The Morgan fingerprint density at radius 1 is 1.60 bits per heavy atom. The van der Waals surface area contributed by atoms with Gasteiger partial charge in [-0.15, -0.1) is 11.3 Å². The Bertz CT molecular complexity index is 395. The van der Waals surface area contributed by atoms with Crippen LogP contribution in [-0.2, 0) is 4.79 Å². The van der Waals surface area contributed by atoms with E-state index >= 15 is 0 Å². The molecule has 2 atom stereocenters. The Hall–Kier alpha value is -1.42. The van der Waals surface area contributed by atoms with Crippen LogP contribution in [0.3, 0.4) is 0 Å². The van der Waals surface area contributed by atoms with Crippen molar-refractivity contribution in [3.8, 4) is 6.07 Å². The number of carboxylic acid groups (broad SMARTS) is 1. The summed E-state index contributed by atoms with van der Waals surface area (Å²) in [5, 5.41) is 37.3. The molecule has 3 N–H and O–H groups in total. The largest absolute Gasteiger partial charge is 0.481 e. The van der Waals surface area contributed by atoms with Crippen LogP contribution in [0.5, 0.6) is 0 Å². The number of aliphatic hydroxyl groups excluding tert-OH is 2. The zero-order valence-corrected chi connectivity index (χ0v) is 8.44. The van der Waals surface area contributed by atoms with Gasteiger partial charge in [0.2, 0.25) is 0 Å². The molecule has 15 heavy (non-hydrogen) atoms. The molecule has 80 valence electrons. The molecular formula is C9H9NO4S. The lowest BCUT2D eigenvalue weighted by molar-refractivity contribution is -0.141. The van der Waals surface area contributed by atoms with Crippen molar-refractivity contribution >= 4 is 17.3 Å². The average Bonchev–Trinajstić information content (AvgIpc) is 2.63. The van der Waals surface area contributed by atoms with Crippen molar-refractivity contribution in [3.05, 3.63) is 21.9 Å². The second kappa shape index (κ2) is 4.89. The van der Waals surface area contributed by atoms with Gasteiger partial charge in [-0.1, -0.05) is 0 Å². The van der Waals surface area contributed by atoms with Crippen LogP contribution in [-0.4, -0.2) is 27.4 Å². The minimum absolute atomic E-state index is 0.366. The Morgan fingerprint density at radius 2 is 2.27 bits per heavy atom. The monoisotopic (exact) mass is 227 g/mol. The highest BCUT2D eigenvalue weighted by Crippen LogP contribution is 2.24. The minimum atomic E-state index is -1.36. The highest BCUT2D eigenvalue weighted by Gasteiger charge is 2.22. The van der Waals surface area contributed by atoms with Crippen molar-refractivity contribution in [2.24, 2.45) is 0 Å². The van der Waals surface area contributed by atoms with Crippen LogP contribution >= 0.6 is 11.3 Å². The molecule has 0 bridgehead atoms. The maximum Gasteiger partial charge on any atom is 0.306 e. The zero-order chi connectivity index (χ0) is 11.4. The first kappa shape index (κ1) is 11.7. The second-order valence-corrected chi connectivity index (χ2v) is 3.88. The molecule has 1 heterocycles. The summed E-state index contributed by atoms with van der Waals surface area (Å²) in [7, 11) is 0. The van der Waals surface area contributed by atoms with Crippen molar-refractivity contribution in [2.45, 2.75) is 18.6 Å². The van der Waals surface area contributed by atoms with E-state index in [4.69, 9.17) is 10.4 Å². The van der Waals surface area contributed by atoms with Gasteiger partial charge in [-0.25, -0.2) is 0 Å². The number of aliphatic hydroxyl groups is 2. The molecule has 6 heteroatoms. The van der Waals surface area contributed by atoms with Crippen LogP contribution in [0.15, 0.2) is 11.4 Å². The van der Waals surface area contributed by atoms with E-state index in [-0.39, 0.29) is 0 Å². The summed E-state index contributed by atoms with van der Waals surface area (Å²) in [6, 6.07) is 3.32. The van der Waals surface area contributed by atoms with E-state index in [1.165, 1.54) is 11.4 Å². The maximum atomic E-state index is 10.3. The van der Waals surface area contributed by atoms with Crippen LogP contribution in [0.1, 0.15) is 23.0 Å². The molecule has 0 amide bonds. The van der Waals surface area contributed by atoms with Gasteiger partial charge >= 0.3 is 5.97 Å². The number of hydrogen-bond acceptors (Lipinski definition) is 5. The van der Waals surface area contributed by atoms with Crippen molar-refractivity contribution in [1.82, 2.24) is 0 Å². The second-order valence-electron chi connectivity index (χ2n) is 2.97. The van der Waals surface area contributed by atoms with E-state index in [2.05, 4.69) is 0 Å². The number of nitrogens with zero attached hydrogens (tertiary/aromatic N) is 1. The predicted octanol–water partition coefficient (Wildman–Crippen LogP) is 0.489. The third kappa shape index (κ3) is 3.02. The molecule has 0 saturated carbocycles. The molecule has 2 unspecified atom stereocenters. The van der Waals surface area contributed by atoms with Crippen molar-refractivity contribution in [1.29, 1.82) is 5.26 Å². The Labute approximate surface area is 89.8 Å². The molecule has 1 aromatic rings. The molecule has 1 aromatic heterocycles. The standard InChI is InChI=1S/C9H9NO4S/c10-3-6-1-5(4-15-6)9(14)7(11)2-8(12)13/h1,4,7,9,11,14H,2H2,(H,12,13). The summed E-state index contributed by atoms with van der Waals surface area (Å²) in [6.07, 6.45) is -3.15. The molecule has 0 aliphatic heterocycles. The van der Waals surface area contributed by atoms with Gasteiger partial charge in [0.1, 0.15) is 17.1 Å². The normalized spacial score (nSPS) is 14.2. The lowest BCUT2D eigenvalue weighted by Crippen LogP contribution is -2.21. The summed E-state index contributed by atoms with van der Waals surface area (Å²) in [6.45, 7) is 0. The van der Waals surface area contributed by atoms with Gasteiger partial charge < -0.3 is 15.3 Å². The third-order valence-electron chi connectivity index (χ3n) is 1.82. The predicted molar refractivity (Wildman–Crippen MR) is 52.3 cm³/mol.